The predicted molar refractivity (Wildman–Crippen MR) is 87.7 cm³/mol. The molecule has 0 aliphatic heterocycles. The van der Waals surface area contributed by atoms with E-state index in [0.717, 1.165) is 27.4 Å². The highest BCUT2D eigenvalue weighted by Crippen LogP contribution is 2.31. The number of rotatable bonds is 4. The highest BCUT2D eigenvalue weighted by Gasteiger charge is 2.18. The lowest BCUT2D eigenvalue weighted by molar-refractivity contribution is -0.115. The number of carbonyl (C=O) groups excluding carboxylic acids is 1. The van der Waals surface area contributed by atoms with Gasteiger partial charge < -0.3 is 5.32 Å². The highest BCUT2D eigenvalue weighted by atomic mass is 32.2. The number of hydrogen-bond donors (Lipinski definition) is 1. The summed E-state index contributed by atoms with van der Waals surface area (Å²) in [6.45, 7) is 1.72. The highest BCUT2D eigenvalue weighted by molar-refractivity contribution is 8.00. The molecule has 2 aromatic heterocycles. The smallest absolute Gasteiger partial charge is 0.237 e. The third-order valence-electron chi connectivity index (χ3n) is 3.06. The average Bonchev–Trinajstić information content (AvgIpc) is 3.00. The summed E-state index contributed by atoms with van der Waals surface area (Å²) in [5.74, 6) is -2.27. The van der Waals surface area contributed by atoms with Crippen molar-refractivity contribution in [3.63, 3.8) is 0 Å². The number of thiophene rings is 1. The van der Waals surface area contributed by atoms with Crippen LogP contribution in [0.25, 0.3) is 10.2 Å². The maximum atomic E-state index is 13.2. The van der Waals surface area contributed by atoms with Gasteiger partial charge >= 0.3 is 0 Å². The number of nitrogens with one attached hydrogen (secondary N) is 1. The molecule has 4 nitrogen and oxygen atoms in total. The first kappa shape index (κ1) is 15.8. The van der Waals surface area contributed by atoms with E-state index in [2.05, 4.69) is 15.3 Å². The van der Waals surface area contributed by atoms with E-state index < -0.39 is 16.9 Å². The van der Waals surface area contributed by atoms with Crippen molar-refractivity contribution in [3.8, 4) is 0 Å². The van der Waals surface area contributed by atoms with Crippen LogP contribution in [0.15, 0.2) is 41.0 Å². The van der Waals surface area contributed by atoms with Crippen LogP contribution in [0.3, 0.4) is 0 Å². The maximum absolute atomic E-state index is 13.2. The van der Waals surface area contributed by atoms with Crippen LogP contribution in [0, 0.1) is 11.6 Å². The number of thioether (sulfide) groups is 1. The molecule has 1 atom stereocenters. The number of aromatic nitrogens is 2. The molecular weight excluding hydrogens is 340 g/mol. The number of benzene rings is 1. The number of carbonyl (C=O) groups is 1. The van der Waals surface area contributed by atoms with Crippen molar-refractivity contribution in [2.75, 3.05) is 5.32 Å². The molecule has 0 saturated carbocycles. The fraction of sp³-hybridized carbons (Fsp3) is 0.133. The van der Waals surface area contributed by atoms with Crippen molar-refractivity contribution < 1.29 is 13.6 Å². The summed E-state index contributed by atoms with van der Waals surface area (Å²) in [4.78, 5) is 20.6. The molecular formula is C15H11F2N3OS2. The van der Waals surface area contributed by atoms with Gasteiger partial charge in [-0.15, -0.1) is 11.3 Å². The maximum Gasteiger partial charge on any atom is 0.237 e. The zero-order valence-electron chi connectivity index (χ0n) is 11.9. The summed E-state index contributed by atoms with van der Waals surface area (Å²) in [5, 5.41) is 4.74. The standard InChI is InChI=1S/C15H11F2N3OS2/c1-8(14(21)20-9-2-3-10(16)11(17)6-9)23-15-13-12(4-5-22-13)18-7-19-15/h2-8H,1H3,(H,20,21). The van der Waals surface area contributed by atoms with E-state index in [1.54, 1.807) is 6.92 Å². The molecule has 1 unspecified atom stereocenters. The second-order valence-electron chi connectivity index (χ2n) is 4.69. The fourth-order valence-corrected chi connectivity index (χ4v) is 3.73. The quantitative estimate of drug-likeness (QED) is 0.568. The topological polar surface area (TPSA) is 54.9 Å². The van der Waals surface area contributed by atoms with Crippen LogP contribution >= 0.6 is 23.1 Å². The molecule has 1 aromatic carbocycles. The molecule has 0 radical (unpaired) electrons. The van der Waals surface area contributed by atoms with Crippen LogP contribution < -0.4 is 5.32 Å². The Morgan fingerprint density at radius 1 is 1.26 bits per heavy atom. The van der Waals surface area contributed by atoms with E-state index in [0.29, 0.717) is 0 Å². The van der Waals surface area contributed by atoms with Crippen LogP contribution in [0.4, 0.5) is 14.5 Å². The predicted octanol–water partition coefficient (Wildman–Crippen LogP) is 4.09. The van der Waals surface area contributed by atoms with Crippen molar-refractivity contribution in [1.82, 2.24) is 9.97 Å². The average molecular weight is 351 g/mol. The lowest BCUT2D eigenvalue weighted by Gasteiger charge is -2.12. The van der Waals surface area contributed by atoms with Crippen molar-refractivity contribution in [2.45, 2.75) is 17.2 Å². The minimum atomic E-state index is -1.00. The van der Waals surface area contributed by atoms with Gasteiger partial charge in [-0.1, -0.05) is 11.8 Å². The first-order valence-corrected chi connectivity index (χ1v) is 8.41. The summed E-state index contributed by atoms with van der Waals surface area (Å²) >= 11 is 2.80. The molecule has 0 bridgehead atoms. The van der Waals surface area contributed by atoms with Crippen molar-refractivity contribution in [3.05, 3.63) is 47.6 Å². The zero-order chi connectivity index (χ0) is 16.4. The monoisotopic (exact) mass is 351 g/mol. The third-order valence-corrected chi connectivity index (χ3v) is 5.20. The Bertz CT molecular complexity index is 869. The van der Waals surface area contributed by atoms with Crippen LogP contribution in [0.5, 0.6) is 0 Å². The Labute approximate surface area is 139 Å². The molecule has 0 aliphatic rings. The number of amides is 1. The molecule has 0 aliphatic carbocycles. The summed E-state index contributed by atoms with van der Waals surface area (Å²) in [6.07, 6.45) is 1.46. The Balaban J connectivity index is 1.72. The van der Waals surface area contributed by atoms with E-state index in [9.17, 15) is 13.6 Å². The molecule has 0 spiro atoms. The van der Waals surface area contributed by atoms with Gasteiger partial charge in [0.25, 0.3) is 0 Å². The van der Waals surface area contributed by atoms with Crippen molar-refractivity contribution in [1.29, 1.82) is 0 Å². The van der Waals surface area contributed by atoms with E-state index >= 15 is 0 Å². The van der Waals surface area contributed by atoms with Crippen LogP contribution in [-0.4, -0.2) is 21.1 Å². The Kier molecular flexibility index (Phi) is 4.53. The second-order valence-corrected chi connectivity index (χ2v) is 6.94. The minimum Gasteiger partial charge on any atom is -0.325 e. The van der Waals surface area contributed by atoms with Gasteiger partial charge in [0.15, 0.2) is 11.6 Å². The molecule has 3 rings (SSSR count). The van der Waals surface area contributed by atoms with Crippen LogP contribution in [0.1, 0.15) is 6.92 Å². The summed E-state index contributed by atoms with van der Waals surface area (Å²) in [6, 6.07) is 5.13. The molecule has 118 valence electrons. The van der Waals surface area contributed by atoms with E-state index in [1.165, 1.54) is 35.5 Å². The summed E-state index contributed by atoms with van der Waals surface area (Å²) < 4.78 is 27.0. The van der Waals surface area contributed by atoms with E-state index in [1.807, 2.05) is 11.4 Å². The van der Waals surface area contributed by atoms with Gasteiger partial charge in [-0.2, -0.15) is 0 Å². The normalized spacial score (nSPS) is 12.3. The summed E-state index contributed by atoms with van der Waals surface area (Å²) in [5.41, 5.74) is 1.05. The minimum absolute atomic E-state index is 0.213. The largest absolute Gasteiger partial charge is 0.325 e. The number of nitrogens with zero attached hydrogens (tertiary/aromatic N) is 2. The number of halogens is 2. The Morgan fingerprint density at radius 3 is 2.87 bits per heavy atom. The van der Waals surface area contributed by atoms with Gasteiger partial charge in [0, 0.05) is 11.8 Å². The Hall–Kier alpha value is -2.06. The molecule has 0 fully saturated rings. The molecule has 0 saturated heterocycles. The van der Waals surface area contributed by atoms with Crippen LogP contribution in [0.2, 0.25) is 0 Å². The van der Waals surface area contributed by atoms with E-state index in [-0.39, 0.29) is 11.6 Å². The van der Waals surface area contributed by atoms with Gasteiger partial charge in [-0.05, 0) is 30.5 Å². The van der Waals surface area contributed by atoms with Gasteiger partial charge in [0.2, 0.25) is 5.91 Å². The molecule has 23 heavy (non-hydrogen) atoms. The fourth-order valence-electron chi connectivity index (χ4n) is 1.89. The molecule has 1 N–H and O–H groups in total. The first-order chi connectivity index (χ1) is 11.0. The Morgan fingerprint density at radius 2 is 2.09 bits per heavy atom. The van der Waals surface area contributed by atoms with Crippen LogP contribution in [-0.2, 0) is 4.79 Å². The SMILES string of the molecule is CC(Sc1ncnc2ccsc12)C(=O)Nc1ccc(F)c(F)c1. The van der Waals surface area contributed by atoms with Gasteiger partial charge in [-0.3, -0.25) is 4.79 Å². The van der Waals surface area contributed by atoms with Gasteiger partial charge in [-0.25, -0.2) is 18.7 Å². The number of hydrogen-bond acceptors (Lipinski definition) is 5. The number of fused-ring (bicyclic) bond motifs is 1. The molecule has 8 heteroatoms. The van der Waals surface area contributed by atoms with Crippen molar-refractivity contribution >= 4 is 44.9 Å². The van der Waals surface area contributed by atoms with Gasteiger partial charge in [0.05, 0.1) is 15.5 Å². The summed E-state index contributed by atoms with van der Waals surface area (Å²) in [7, 11) is 0. The van der Waals surface area contributed by atoms with Crippen molar-refractivity contribution in [2.24, 2.45) is 0 Å². The van der Waals surface area contributed by atoms with E-state index in [4.69, 9.17) is 0 Å². The third kappa shape index (κ3) is 3.48. The first-order valence-electron chi connectivity index (χ1n) is 6.65. The molecule has 2 heterocycles. The van der Waals surface area contributed by atoms with Gasteiger partial charge in [0.1, 0.15) is 11.4 Å². The second kappa shape index (κ2) is 6.59. The lowest BCUT2D eigenvalue weighted by Crippen LogP contribution is -2.22. The number of anilines is 1. The molecule has 3 aromatic rings. The lowest BCUT2D eigenvalue weighted by atomic mass is 10.3. The zero-order valence-corrected chi connectivity index (χ0v) is 13.5. The molecule has 1 amide bonds.